The summed E-state index contributed by atoms with van der Waals surface area (Å²) in [5.41, 5.74) is -12.2. The van der Waals surface area contributed by atoms with Crippen LogP contribution in [0.1, 0.15) is 36.7 Å². The normalized spacial score (nSPS) is 11.9. The number of Topliss-reactive ketones (excluding diaryl/α,β-unsaturated/α-hetero) is 1. The average Bonchev–Trinajstić information content (AvgIpc) is 3.48. The van der Waals surface area contributed by atoms with E-state index in [0.717, 1.165) is 5.56 Å². The first-order chi connectivity index (χ1) is 36.1. The highest BCUT2D eigenvalue weighted by Crippen LogP contribution is 2.55. The summed E-state index contributed by atoms with van der Waals surface area (Å²) in [5, 5.41) is 3.70. The summed E-state index contributed by atoms with van der Waals surface area (Å²) in [4.78, 5) is 13.8. The van der Waals surface area contributed by atoms with Crippen LogP contribution in [-0.4, -0.2) is 18.1 Å². The third-order valence-electron chi connectivity index (χ3n) is 12.8. The number of benzene rings is 8. The Morgan fingerprint density at radius 3 is 0.740 bits per heavy atom. The van der Waals surface area contributed by atoms with E-state index in [-0.39, 0.29) is 11.2 Å². The van der Waals surface area contributed by atoms with Crippen LogP contribution < -0.4 is 37.8 Å². The second kappa shape index (κ2) is 21.5. The molecule has 0 aliphatic carbocycles. The van der Waals surface area contributed by atoms with E-state index in [1.54, 1.807) is 0 Å². The largest absolute Gasteiger partial charge is 0.290 e. The lowest BCUT2D eigenvalue weighted by atomic mass is 9.12. The molecule has 1 nitrogen and oxygen atoms in total. The third kappa shape index (κ3) is 9.41. The number of hydrogen-bond donors (Lipinski definition) is 0. The van der Waals surface area contributed by atoms with Crippen LogP contribution in [0.5, 0.6) is 0 Å². The van der Waals surface area contributed by atoms with E-state index in [1.807, 2.05) is 30.3 Å². The van der Waals surface area contributed by atoms with Gasteiger partial charge in [-0.15, -0.1) is 21.9 Å². The van der Waals surface area contributed by atoms with E-state index >= 15 is 35.1 Å². The molecule has 0 aromatic heterocycles. The maximum absolute atomic E-state index is 15.4. The van der Waals surface area contributed by atoms with Gasteiger partial charge in [0.05, 0.1) is 0 Å². The van der Waals surface area contributed by atoms with Gasteiger partial charge >= 0.3 is 0 Å². The molecule has 0 bridgehead atoms. The Morgan fingerprint density at radius 2 is 0.532 bits per heavy atom. The highest BCUT2D eigenvalue weighted by Gasteiger charge is 2.53. The quantitative estimate of drug-likeness (QED) is 0.0333. The second-order valence-electron chi connectivity index (χ2n) is 18.0. The Labute approximate surface area is 423 Å². The summed E-state index contributed by atoms with van der Waals surface area (Å²) in [6, 6.07) is 39.9. The number of hydrogen-bond acceptors (Lipinski definition) is 1. The molecule has 0 N–H and O–H groups in total. The van der Waals surface area contributed by atoms with Gasteiger partial charge in [0, 0.05) is 5.56 Å². The first-order valence-electron chi connectivity index (χ1n) is 22.0. The van der Waals surface area contributed by atoms with Crippen LogP contribution in [0.25, 0.3) is 0 Å². The zero-order valence-corrected chi connectivity index (χ0v) is 40.1. The second-order valence-corrected chi connectivity index (χ2v) is 21.5. The molecule has 400 valence electrons. The number of carbonyl (C=O) groups is 1. The lowest BCUT2D eigenvalue weighted by molar-refractivity contribution is 0.102. The van der Waals surface area contributed by atoms with Gasteiger partial charge in [-0.2, -0.15) is 0 Å². The molecular weight excluding hydrogens is 1090 g/mol. The van der Waals surface area contributed by atoms with Gasteiger partial charge in [-0.3, -0.25) is 4.79 Å². The van der Waals surface area contributed by atoms with E-state index in [9.17, 15) is 57.5 Å². The summed E-state index contributed by atoms with van der Waals surface area (Å²) >= 11 is 0. The first-order valence-corrected chi connectivity index (χ1v) is 24.0. The maximum atomic E-state index is 15.4. The minimum absolute atomic E-state index is 0.0659. The summed E-state index contributed by atoms with van der Waals surface area (Å²) in [6.45, 7) is 6.59. The van der Waals surface area contributed by atoms with Crippen molar-refractivity contribution in [2.24, 2.45) is 0 Å². The molecular formula is C54H30BF20OP. The van der Waals surface area contributed by atoms with Crippen LogP contribution in [-0.2, 0) is 5.41 Å². The zero-order valence-electron chi connectivity index (χ0n) is 39.2. The van der Waals surface area contributed by atoms with Crippen molar-refractivity contribution in [3.8, 4) is 0 Å². The molecule has 0 aliphatic rings. The zero-order chi connectivity index (χ0) is 57.0. The number of carbonyl (C=O) groups excluding carboxylic acids is 1. The number of halogens is 20. The summed E-state index contributed by atoms with van der Waals surface area (Å²) in [7, 11) is -2.17. The molecule has 0 amide bonds. The topological polar surface area (TPSA) is 17.1 Å². The van der Waals surface area contributed by atoms with Crippen molar-refractivity contribution in [2.75, 3.05) is 6.16 Å². The highest BCUT2D eigenvalue weighted by molar-refractivity contribution is 7.96. The molecule has 77 heavy (non-hydrogen) atoms. The monoisotopic (exact) mass is 1120 g/mol. The van der Waals surface area contributed by atoms with Crippen molar-refractivity contribution in [3.63, 3.8) is 0 Å². The van der Waals surface area contributed by atoms with Crippen LogP contribution in [0, 0.1) is 116 Å². The van der Waals surface area contributed by atoms with Gasteiger partial charge in [0.15, 0.2) is 69.8 Å². The maximum Gasteiger partial charge on any atom is 0.201 e. The van der Waals surface area contributed by atoms with Gasteiger partial charge in [-0.1, -0.05) is 99.6 Å². The van der Waals surface area contributed by atoms with E-state index < -0.39 is 152 Å². The Morgan fingerprint density at radius 1 is 0.325 bits per heavy atom. The summed E-state index contributed by atoms with van der Waals surface area (Å²) < 4.78 is 294. The fraction of sp³-hybridized carbons (Fsp3) is 0.0926. The van der Waals surface area contributed by atoms with Crippen LogP contribution in [0.4, 0.5) is 87.8 Å². The first kappa shape index (κ1) is 57.2. The van der Waals surface area contributed by atoms with Crippen molar-refractivity contribution < 1.29 is 92.6 Å². The van der Waals surface area contributed by atoms with Gasteiger partial charge in [0.2, 0.25) is 5.78 Å². The van der Waals surface area contributed by atoms with E-state index in [0.29, 0.717) is 6.16 Å². The van der Waals surface area contributed by atoms with Gasteiger partial charge < -0.3 is 0 Å². The molecule has 23 heteroatoms. The molecule has 8 aromatic carbocycles. The highest BCUT2D eigenvalue weighted by atomic mass is 31.2. The van der Waals surface area contributed by atoms with Crippen LogP contribution >= 0.6 is 7.26 Å². The fourth-order valence-corrected chi connectivity index (χ4v) is 13.2. The third-order valence-corrected chi connectivity index (χ3v) is 17.1. The fourth-order valence-electron chi connectivity index (χ4n) is 9.11. The number of rotatable bonds is 10. The average molecular weight is 1120 g/mol. The van der Waals surface area contributed by atoms with Gasteiger partial charge in [-0.05, 0) is 47.4 Å². The van der Waals surface area contributed by atoms with Crippen LogP contribution in [0.3, 0.4) is 0 Å². The van der Waals surface area contributed by atoms with Crippen LogP contribution in [0.15, 0.2) is 115 Å². The predicted molar refractivity (Wildman–Crippen MR) is 249 cm³/mol. The standard InChI is InChI=1S/C30H30OP.C24BF20/c1-30(2,3)25-21-19-24(20-22-25)29(31)23-32(26-13-7-4-8-14-26,27-15-9-5-10-16-27)28-17-11-6-12-18-28;26-5-1(6(27)14(35)21(42)13(5)34)25(2-7(28)15(36)22(43)16(37)8(2)29,3-9(30)17(38)23(44)18(39)10(3)31)4-11(32)19(40)24(45)20(41)12(4)33/h4-22H,23H2,1-3H3;/q+1;-1. The molecule has 0 heterocycles. The molecule has 0 radical (unpaired) electrons. The van der Waals surface area contributed by atoms with E-state index in [4.69, 9.17) is 0 Å². The van der Waals surface area contributed by atoms with Crippen molar-refractivity contribution in [2.45, 2.75) is 26.2 Å². The number of ketones is 1. The van der Waals surface area contributed by atoms with Gasteiger partial charge in [-0.25, -0.2) is 87.8 Å². The van der Waals surface area contributed by atoms with Gasteiger partial charge in [0.25, 0.3) is 0 Å². The Kier molecular flexibility index (Phi) is 16.0. The molecule has 0 saturated carbocycles. The molecule has 0 unspecified atom stereocenters. The van der Waals surface area contributed by atoms with Crippen molar-refractivity contribution in [3.05, 3.63) is 243 Å². The molecule has 0 atom stereocenters. The minimum atomic E-state index is -7.22. The predicted octanol–water partition coefficient (Wildman–Crippen LogP) is 12.0. The van der Waals surface area contributed by atoms with E-state index in [2.05, 4.69) is 106 Å². The lowest BCUT2D eigenvalue weighted by Gasteiger charge is -2.44. The van der Waals surface area contributed by atoms with Crippen molar-refractivity contribution >= 4 is 57.0 Å². The molecule has 0 saturated heterocycles. The Hall–Kier alpha value is -7.48. The lowest BCUT2D eigenvalue weighted by Crippen LogP contribution is -2.81. The summed E-state index contributed by atoms with van der Waals surface area (Å²) in [5.74, 6) is -71.2. The smallest absolute Gasteiger partial charge is 0.201 e. The molecule has 8 rings (SSSR count). The van der Waals surface area contributed by atoms with Gasteiger partial charge in [0.1, 0.15) is 82.0 Å². The van der Waals surface area contributed by atoms with E-state index in [1.165, 1.54) is 21.5 Å². The van der Waals surface area contributed by atoms with Crippen LogP contribution in [0.2, 0.25) is 0 Å². The SMILES string of the molecule is CC(C)(C)c1ccc(C(=O)C[P+](c2ccccc2)(c2ccccc2)c2ccccc2)cc1.Fc1c(F)c(F)c([B-](c2c(F)c(F)c(F)c(F)c2F)(c2c(F)c(F)c(F)c(F)c2F)c2c(F)c(F)c(F)c(F)c2F)c(F)c1F. The Balaban J connectivity index is 0.000000236. The van der Waals surface area contributed by atoms with Crippen molar-refractivity contribution in [1.29, 1.82) is 0 Å². The molecule has 0 spiro atoms. The molecule has 8 aromatic rings. The molecule has 0 aliphatic heterocycles. The molecule has 0 fully saturated rings. The Bertz CT molecular complexity index is 3120. The van der Waals surface area contributed by atoms with Crippen molar-refractivity contribution in [1.82, 2.24) is 0 Å². The summed E-state index contributed by atoms with van der Waals surface area (Å²) in [6.07, 6.45) is -6.74. The minimum Gasteiger partial charge on any atom is -0.290 e.